The first-order chi connectivity index (χ1) is 8.74. The summed E-state index contributed by atoms with van der Waals surface area (Å²) in [5.74, 6) is 0.738. The van der Waals surface area contributed by atoms with Crippen LogP contribution in [0.4, 0.5) is 0 Å². The van der Waals surface area contributed by atoms with E-state index in [1.54, 1.807) is 0 Å². The van der Waals surface area contributed by atoms with Gasteiger partial charge in [-0.2, -0.15) is 0 Å². The first kappa shape index (κ1) is 13.6. The summed E-state index contributed by atoms with van der Waals surface area (Å²) in [6, 6.07) is 9.85. The minimum absolute atomic E-state index is 0.738. The Morgan fingerprint density at radius 3 is 2.33 bits per heavy atom. The molecule has 18 heavy (non-hydrogen) atoms. The van der Waals surface area contributed by atoms with Crippen molar-refractivity contribution in [2.24, 2.45) is 5.92 Å². The summed E-state index contributed by atoms with van der Waals surface area (Å²) < 4.78 is 0. The van der Waals surface area contributed by atoms with Gasteiger partial charge in [0.1, 0.15) is 0 Å². The van der Waals surface area contributed by atoms with Gasteiger partial charge in [0.05, 0.1) is 0 Å². The van der Waals surface area contributed by atoms with Gasteiger partial charge < -0.3 is 10.6 Å². The second-order valence-electron chi connectivity index (χ2n) is 5.82. The first-order valence-electron chi connectivity index (χ1n) is 7.26. The Morgan fingerprint density at radius 1 is 1.06 bits per heavy atom. The molecule has 0 atom stereocenters. The van der Waals surface area contributed by atoms with Gasteiger partial charge in [-0.1, -0.05) is 38.1 Å². The van der Waals surface area contributed by atoms with E-state index < -0.39 is 0 Å². The molecule has 2 heteroatoms. The molecule has 0 spiro atoms. The molecule has 2 rings (SSSR count). The zero-order valence-corrected chi connectivity index (χ0v) is 11.7. The molecule has 0 aliphatic heterocycles. The van der Waals surface area contributed by atoms with Gasteiger partial charge in [-0.3, -0.25) is 0 Å². The number of hydrogen-bond acceptors (Lipinski definition) is 2. The normalized spacial score (nSPS) is 15.3. The first-order valence-corrected chi connectivity index (χ1v) is 7.26. The number of rotatable bonds is 8. The van der Waals surface area contributed by atoms with Crippen molar-refractivity contribution in [2.45, 2.75) is 45.7 Å². The largest absolute Gasteiger partial charge is 0.313 e. The molecule has 1 fully saturated rings. The van der Waals surface area contributed by atoms with Gasteiger partial charge in [0, 0.05) is 25.7 Å². The van der Waals surface area contributed by atoms with E-state index in [2.05, 4.69) is 48.7 Å². The van der Waals surface area contributed by atoms with Crippen LogP contribution in [0, 0.1) is 5.92 Å². The maximum Gasteiger partial charge on any atom is 0.0206 e. The summed E-state index contributed by atoms with van der Waals surface area (Å²) in [6.45, 7) is 7.67. The molecule has 0 bridgehead atoms. The third kappa shape index (κ3) is 5.19. The van der Waals surface area contributed by atoms with Crippen LogP contribution in [0.2, 0.25) is 0 Å². The van der Waals surface area contributed by atoms with Gasteiger partial charge in [0.2, 0.25) is 0 Å². The molecule has 0 amide bonds. The van der Waals surface area contributed by atoms with Gasteiger partial charge in [-0.05, 0) is 36.3 Å². The van der Waals surface area contributed by atoms with Crippen molar-refractivity contribution in [2.75, 3.05) is 13.1 Å². The second-order valence-corrected chi connectivity index (χ2v) is 5.82. The Hall–Kier alpha value is -0.860. The van der Waals surface area contributed by atoms with Crippen molar-refractivity contribution in [3.63, 3.8) is 0 Å². The Morgan fingerprint density at radius 2 is 1.72 bits per heavy atom. The lowest BCUT2D eigenvalue weighted by molar-refractivity contribution is 0.608. The topological polar surface area (TPSA) is 24.1 Å². The van der Waals surface area contributed by atoms with Gasteiger partial charge in [-0.25, -0.2) is 0 Å². The molecule has 1 saturated carbocycles. The van der Waals surface area contributed by atoms with Gasteiger partial charge in [-0.15, -0.1) is 0 Å². The van der Waals surface area contributed by atoms with E-state index in [0.717, 1.165) is 31.6 Å². The zero-order valence-electron chi connectivity index (χ0n) is 11.7. The van der Waals surface area contributed by atoms with Crippen LogP contribution in [0.25, 0.3) is 0 Å². The standard InChI is InChI=1S/C16H26N2/c1-13(2)11-14-3-5-15(6-4-14)12-17-9-10-18-16-7-8-16/h3-6,13,16-18H,7-12H2,1-2H3. The summed E-state index contributed by atoms with van der Waals surface area (Å²) in [6.07, 6.45) is 3.92. The van der Waals surface area contributed by atoms with Crippen molar-refractivity contribution in [1.82, 2.24) is 10.6 Å². The fourth-order valence-electron chi connectivity index (χ4n) is 2.15. The van der Waals surface area contributed by atoms with Crippen LogP contribution in [0.15, 0.2) is 24.3 Å². The monoisotopic (exact) mass is 246 g/mol. The summed E-state index contributed by atoms with van der Waals surface area (Å²) in [5.41, 5.74) is 2.83. The average Bonchev–Trinajstić information content (AvgIpc) is 3.14. The van der Waals surface area contributed by atoms with E-state index in [9.17, 15) is 0 Å². The Labute approximate surface area is 111 Å². The zero-order chi connectivity index (χ0) is 12.8. The highest BCUT2D eigenvalue weighted by molar-refractivity contribution is 5.22. The van der Waals surface area contributed by atoms with Crippen LogP contribution < -0.4 is 10.6 Å². The van der Waals surface area contributed by atoms with Crippen molar-refractivity contribution < 1.29 is 0 Å². The van der Waals surface area contributed by atoms with Crippen molar-refractivity contribution in [1.29, 1.82) is 0 Å². The molecule has 1 aromatic carbocycles. The summed E-state index contributed by atoms with van der Waals surface area (Å²) >= 11 is 0. The lowest BCUT2D eigenvalue weighted by atomic mass is 10.0. The highest BCUT2D eigenvalue weighted by Gasteiger charge is 2.19. The molecule has 2 nitrogen and oxygen atoms in total. The van der Waals surface area contributed by atoms with E-state index in [-0.39, 0.29) is 0 Å². The molecule has 1 aromatic rings. The third-order valence-electron chi connectivity index (χ3n) is 3.31. The van der Waals surface area contributed by atoms with Crippen LogP contribution in [-0.2, 0) is 13.0 Å². The fourth-order valence-corrected chi connectivity index (χ4v) is 2.15. The quantitative estimate of drug-likeness (QED) is 0.689. The van der Waals surface area contributed by atoms with E-state index in [4.69, 9.17) is 0 Å². The molecule has 0 radical (unpaired) electrons. The van der Waals surface area contributed by atoms with Crippen molar-refractivity contribution in [3.8, 4) is 0 Å². The van der Waals surface area contributed by atoms with Crippen LogP contribution in [0.5, 0.6) is 0 Å². The number of hydrogen-bond donors (Lipinski definition) is 2. The molecule has 0 saturated heterocycles. The predicted molar refractivity (Wildman–Crippen MR) is 77.7 cm³/mol. The predicted octanol–water partition coefficient (Wildman–Crippen LogP) is 2.73. The molecule has 0 aromatic heterocycles. The third-order valence-corrected chi connectivity index (χ3v) is 3.31. The van der Waals surface area contributed by atoms with Crippen molar-refractivity contribution in [3.05, 3.63) is 35.4 Å². The highest BCUT2D eigenvalue weighted by atomic mass is 15.0. The van der Waals surface area contributed by atoms with Crippen LogP contribution in [0.3, 0.4) is 0 Å². The van der Waals surface area contributed by atoms with Gasteiger partial charge >= 0.3 is 0 Å². The van der Waals surface area contributed by atoms with E-state index in [1.807, 2.05) is 0 Å². The summed E-state index contributed by atoms with van der Waals surface area (Å²) in [5, 5.41) is 6.99. The van der Waals surface area contributed by atoms with Gasteiger partial charge in [0.15, 0.2) is 0 Å². The number of nitrogens with one attached hydrogen (secondary N) is 2. The summed E-state index contributed by atoms with van der Waals surface area (Å²) in [7, 11) is 0. The summed E-state index contributed by atoms with van der Waals surface area (Å²) in [4.78, 5) is 0. The number of benzene rings is 1. The van der Waals surface area contributed by atoms with E-state index in [0.29, 0.717) is 0 Å². The molecular formula is C16H26N2. The maximum atomic E-state index is 3.51. The van der Waals surface area contributed by atoms with E-state index >= 15 is 0 Å². The van der Waals surface area contributed by atoms with E-state index in [1.165, 1.54) is 30.4 Å². The minimum atomic E-state index is 0.738. The minimum Gasteiger partial charge on any atom is -0.313 e. The van der Waals surface area contributed by atoms with Crippen LogP contribution in [0.1, 0.15) is 37.8 Å². The Bertz CT molecular complexity index is 339. The fraction of sp³-hybridized carbons (Fsp3) is 0.625. The lowest BCUT2D eigenvalue weighted by Gasteiger charge is -2.08. The van der Waals surface area contributed by atoms with Gasteiger partial charge in [0.25, 0.3) is 0 Å². The van der Waals surface area contributed by atoms with Crippen LogP contribution in [-0.4, -0.2) is 19.1 Å². The molecule has 1 aliphatic carbocycles. The lowest BCUT2D eigenvalue weighted by Crippen LogP contribution is -2.28. The van der Waals surface area contributed by atoms with Crippen molar-refractivity contribution >= 4 is 0 Å². The molecule has 2 N–H and O–H groups in total. The Balaban J connectivity index is 1.62. The molecular weight excluding hydrogens is 220 g/mol. The average molecular weight is 246 g/mol. The molecule has 1 aliphatic rings. The molecule has 0 heterocycles. The maximum absolute atomic E-state index is 3.51. The van der Waals surface area contributed by atoms with Crippen LogP contribution >= 0.6 is 0 Å². The highest BCUT2D eigenvalue weighted by Crippen LogP contribution is 2.17. The smallest absolute Gasteiger partial charge is 0.0206 e. The molecule has 100 valence electrons. The molecule has 0 unspecified atom stereocenters. The Kier molecular flexibility index (Phi) is 5.21. The SMILES string of the molecule is CC(C)Cc1ccc(CNCCNC2CC2)cc1. The second kappa shape index (κ2) is 6.91.